The summed E-state index contributed by atoms with van der Waals surface area (Å²) in [6.07, 6.45) is 16.5. The van der Waals surface area contributed by atoms with E-state index in [0.29, 0.717) is 11.8 Å². The molecule has 0 aliphatic carbocycles. The summed E-state index contributed by atoms with van der Waals surface area (Å²) in [4.78, 5) is 18.0. The first kappa shape index (κ1) is 65.8. The van der Waals surface area contributed by atoms with Crippen LogP contribution in [0.1, 0.15) is 101 Å². The highest BCUT2D eigenvalue weighted by molar-refractivity contribution is 5.82. The second-order valence-corrected chi connectivity index (χ2v) is 25.7. The lowest BCUT2D eigenvalue weighted by molar-refractivity contribution is -0.742. The Morgan fingerprint density at radius 1 is 0.400 bits per heavy atom. The Bertz CT molecular complexity index is 5230. The zero-order valence-corrected chi connectivity index (χ0v) is 58.6. The molecule has 0 unspecified atom stereocenters. The van der Waals surface area contributed by atoms with Crippen molar-refractivity contribution < 1.29 is 23.4 Å². The average Bonchev–Trinajstić information content (AvgIpc) is 1.70. The molecule has 0 N–H and O–H groups in total. The first-order chi connectivity index (χ1) is 45.6. The van der Waals surface area contributed by atoms with Gasteiger partial charge >= 0.3 is 0 Å². The summed E-state index contributed by atoms with van der Waals surface area (Å²) in [6.45, 7) is 27.8. The van der Waals surface area contributed by atoms with Crippen LogP contribution in [0.15, 0.2) is 213 Å². The molecule has 0 spiro atoms. The molecule has 95 heavy (non-hydrogen) atoms. The fraction of sp³-hybridized carbons (Fsp3) is 0.247. The van der Waals surface area contributed by atoms with Crippen molar-refractivity contribution in [3.63, 3.8) is 0 Å². The number of rotatable bonds is 7. The number of aromatic nitrogens is 14. The van der Waals surface area contributed by atoms with Crippen LogP contribution in [0.4, 0.5) is 0 Å². The third-order valence-corrected chi connectivity index (χ3v) is 17.9. The third kappa shape index (κ3) is 13.4. The van der Waals surface area contributed by atoms with E-state index in [2.05, 4.69) is 373 Å². The number of para-hydroxylation sites is 5. The van der Waals surface area contributed by atoms with Crippen molar-refractivity contribution in [3.8, 4) is 28.4 Å². The molecule has 480 valence electrons. The zero-order chi connectivity index (χ0) is 67.5. The van der Waals surface area contributed by atoms with Crippen molar-refractivity contribution in [2.24, 2.45) is 35.2 Å². The number of hydrogen-bond acceptors (Lipinski definition) is 4. The van der Waals surface area contributed by atoms with Gasteiger partial charge in [0.15, 0.2) is 28.2 Å². The SMILES string of the molecule is Cc1cc(C(C)C)ccc1-n1cc2ccccc2[n+]1C.Cc1cc(C)c(-n2c3ccccc3c[n+]2C)c(C)n1.Cc1cc(C)c(-n2c3ccccc3c[n+]2C)cn1.Cc1ccnc(C(C)C)c1-[n+]1cc2ccccc2n1C.Cc1ccnc(C)c1-n1c2ccccc2c[n+]1C. The molecule has 6 aromatic carbocycles. The standard InChI is InChI=1S/C18H21N2.C17H20N3.C16H18N3.2C15H16N3/c1-13(2)15-9-10-17(14(3)11-15)20-12-16-7-5-6-8-18(16)19(20)4;1-12(2)16-17(13(3)9-10-18-16)20-11-14-7-5-6-8-15(14)19(20)4;1-11-9-12(2)17-13(3)16(11)19-15-8-6-5-7-14(15)10-18(19)4;1-11-8-12(2)16-9-15(11)18-14-7-5-4-6-13(14)10-17(18)3;1-11-8-9-16-12(2)15(11)18-14-7-5-4-6-13(14)10-17(18)3/h5-13H,1-4H3;5-12H,1-4H3;5-10H,1-4H3;2*4-10H,1-3H3/q5*+1. The van der Waals surface area contributed by atoms with Crippen molar-refractivity contribution in [1.82, 2.24) is 43.3 Å². The van der Waals surface area contributed by atoms with Gasteiger partial charge in [0, 0.05) is 41.3 Å². The number of nitrogens with zero attached hydrogens (tertiary/aromatic N) is 14. The summed E-state index contributed by atoms with van der Waals surface area (Å²) in [6, 6.07) is 57.3. The van der Waals surface area contributed by atoms with E-state index >= 15 is 0 Å². The zero-order valence-electron chi connectivity index (χ0n) is 58.6. The maximum Gasteiger partial charge on any atom is 0.260 e. The number of aryl methyl sites for hydroxylation is 14. The van der Waals surface area contributed by atoms with E-state index in [0.717, 1.165) is 34.2 Å². The monoisotopic (exact) mass is 1260 g/mol. The molecule has 14 heteroatoms. The van der Waals surface area contributed by atoms with Crippen LogP contribution in [-0.2, 0) is 35.2 Å². The van der Waals surface area contributed by atoms with Crippen LogP contribution in [-0.4, -0.2) is 43.3 Å². The largest absolute Gasteiger partial charge is 0.260 e. The topological polar surface area (TPSA) is 95.6 Å². The molecule has 0 atom stereocenters. The van der Waals surface area contributed by atoms with E-state index in [1.807, 2.05) is 32.4 Å². The Kier molecular flexibility index (Phi) is 19.3. The van der Waals surface area contributed by atoms with Crippen molar-refractivity contribution in [2.75, 3.05) is 0 Å². The minimum absolute atomic E-state index is 0.399. The molecule has 0 fully saturated rings. The van der Waals surface area contributed by atoms with Crippen LogP contribution in [0.5, 0.6) is 0 Å². The Hall–Kier alpha value is -10.7. The van der Waals surface area contributed by atoms with E-state index in [1.54, 1.807) is 0 Å². The molecular formula is C81H91N14+5. The molecule has 0 saturated carbocycles. The first-order valence-corrected chi connectivity index (χ1v) is 32.8. The van der Waals surface area contributed by atoms with Crippen LogP contribution in [0, 0.1) is 62.3 Å². The summed E-state index contributed by atoms with van der Waals surface area (Å²) >= 11 is 0. The van der Waals surface area contributed by atoms with Gasteiger partial charge in [-0.1, -0.05) is 105 Å². The summed E-state index contributed by atoms with van der Waals surface area (Å²) in [5.74, 6) is 0.968. The molecule has 9 aromatic heterocycles. The molecular weight excluding hydrogens is 1170 g/mol. The fourth-order valence-electron chi connectivity index (χ4n) is 13.3. The fourth-order valence-corrected chi connectivity index (χ4v) is 13.3. The third-order valence-electron chi connectivity index (χ3n) is 17.9. The van der Waals surface area contributed by atoms with E-state index in [9.17, 15) is 0 Å². The number of benzene rings is 6. The van der Waals surface area contributed by atoms with Crippen LogP contribution in [0.3, 0.4) is 0 Å². The lowest BCUT2D eigenvalue weighted by atomic mass is 10.0. The van der Waals surface area contributed by atoms with E-state index in [-0.39, 0.29) is 0 Å². The first-order valence-electron chi connectivity index (χ1n) is 32.8. The molecule has 0 radical (unpaired) electrons. The van der Waals surface area contributed by atoms with Crippen molar-refractivity contribution in [1.29, 1.82) is 0 Å². The lowest BCUT2D eigenvalue weighted by Crippen LogP contribution is -2.40. The van der Waals surface area contributed by atoms with Crippen LogP contribution < -0.4 is 23.4 Å². The molecule has 15 aromatic rings. The predicted molar refractivity (Wildman–Crippen MR) is 384 cm³/mol. The molecule has 9 heterocycles. The highest BCUT2D eigenvalue weighted by Gasteiger charge is 2.26. The van der Waals surface area contributed by atoms with Gasteiger partial charge in [-0.2, -0.15) is 4.68 Å². The quantitative estimate of drug-likeness (QED) is 0.149. The molecule has 15 rings (SSSR count). The maximum absolute atomic E-state index is 4.60. The van der Waals surface area contributed by atoms with Gasteiger partial charge < -0.3 is 0 Å². The van der Waals surface area contributed by atoms with Gasteiger partial charge in [-0.15, -0.1) is 37.5 Å². The second-order valence-electron chi connectivity index (χ2n) is 25.7. The number of fused-ring (bicyclic) bond motifs is 5. The summed E-state index contributed by atoms with van der Waals surface area (Å²) in [7, 11) is 10.4. The van der Waals surface area contributed by atoms with Crippen molar-refractivity contribution >= 4 is 54.5 Å². The van der Waals surface area contributed by atoms with Crippen LogP contribution in [0.25, 0.3) is 83.0 Å². The Morgan fingerprint density at radius 3 is 1.41 bits per heavy atom. The van der Waals surface area contributed by atoms with Crippen LogP contribution >= 0.6 is 0 Å². The van der Waals surface area contributed by atoms with Gasteiger partial charge in [-0.25, -0.2) is 0 Å². The van der Waals surface area contributed by atoms with Gasteiger partial charge in [0.25, 0.3) is 5.69 Å². The molecule has 0 bridgehead atoms. The highest BCUT2D eigenvalue weighted by atomic mass is 15.4. The number of hydrogen-bond donors (Lipinski definition) is 0. The average molecular weight is 1260 g/mol. The Balaban J connectivity index is 0.000000121. The predicted octanol–water partition coefficient (Wildman–Crippen LogP) is 14.9. The summed E-state index contributed by atoms with van der Waals surface area (Å²) in [5, 5.41) is 6.22. The highest BCUT2D eigenvalue weighted by Crippen LogP contribution is 2.27. The van der Waals surface area contributed by atoms with E-state index in [4.69, 9.17) is 0 Å². The lowest BCUT2D eigenvalue weighted by Gasteiger charge is -2.10. The minimum atomic E-state index is 0.399. The maximum atomic E-state index is 4.60. The summed E-state index contributed by atoms with van der Waals surface area (Å²) in [5.41, 5.74) is 25.1. The number of pyridine rings is 4. The van der Waals surface area contributed by atoms with Gasteiger partial charge in [-0.05, 0) is 181 Å². The van der Waals surface area contributed by atoms with Gasteiger partial charge in [0.2, 0.25) is 30.3 Å². The van der Waals surface area contributed by atoms with Gasteiger partial charge in [0.1, 0.15) is 50.5 Å². The van der Waals surface area contributed by atoms with Gasteiger partial charge in [-0.3, -0.25) is 19.9 Å². The second kappa shape index (κ2) is 27.8. The van der Waals surface area contributed by atoms with Crippen molar-refractivity contribution in [3.05, 3.63) is 275 Å². The summed E-state index contributed by atoms with van der Waals surface area (Å²) < 4.78 is 21.8. The van der Waals surface area contributed by atoms with E-state index in [1.165, 1.54) is 111 Å². The Labute approximate surface area is 559 Å². The van der Waals surface area contributed by atoms with Crippen LogP contribution in [0.2, 0.25) is 0 Å². The van der Waals surface area contributed by atoms with E-state index < -0.39 is 0 Å². The molecule has 0 aliphatic rings. The van der Waals surface area contributed by atoms with Crippen molar-refractivity contribution in [2.45, 2.75) is 102 Å². The van der Waals surface area contributed by atoms with Gasteiger partial charge in [0.05, 0.1) is 57.8 Å². The molecule has 0 saturated heterocycles. The minimum Gasteiger partial charge on any atom is -0.259 e. The smallest absolute Gasteiger partial charge is 0.259 e. The normalized spacial score (nSPS) is 11.2. The molecule has 0 amide bonds. The molecule has 0 aliphatic heterocycles. The Morgan fingerprint density at radius 2 is 0.884 bits per heavy atom. The molecule has 14 nitrogen and oxygen atoms in total.